The van der Waals surface area contributed by atoms with Crippen molar-refractivity contribution in [2.24, 2.45) is 4.99 Å². The molecule has 1 amide bonds. The minimum atomic E-state index is -0.227. The second kappa shape index (κ2) is 12.4. The van der Waals surface area contributed by atoms with Gasteiger partial charge in [0, 0.05) is 37.8 Å². The standard InChI is InChI=1S/C15H23FN4OS.HI/c1-4-17-15(19-11-14(21)20(2)3)18-9-10-22-13-7-5-12(16)6-8-13;/h5-8H,4,9-11H2,1-3H3,(H2,17,18,19);1H. The quantitative estimate of drug-likeness (QED) is 0.218. The van der Waals surface area contributed by atoms with Crippen molar-refractivity contribution in [2.45, 2.75) is 11.8 Å². The fourth-order valence-electron chi connectivity index (χ4n) is 1.50. The summed E-state index contributed by atoms with van der Waals surface area (Å²) in [6.07, 6.45) is 0. The summed E-state index contributed by atoms with van der Waals surface area (Å²) >= 11 is 1.63. The van der Waals surface area contributed by atoms with Crippen LogP contribution in [0.15, 0.2) is 34.2 Å². The smallest absolute Gasteiger partial charge is 0.243 e. The molecule has 0 fully saturated rings. The lowest BCUT2D eigenvalue weighted by Crippen LogP contribution is -2.39. The highest BCUT2D eigenvalue weighted by atomic mass is 127. The molecule has 0 aromatic heterocycles. The molecule has 0 saturated carbocycles. The van der Waals surface area contributed by atoms with Crippen LogP contribution in [-0.2, 0) is 4.79 Å². The first-order valence-electron chi connectivity index (χ1n) is 7.13. The first-order chi connectivity index (χ1) is 10.5. The van der Waals surface area contributed by atoms with Gasteiger partial charge in [-0.3, -0.25) is 4.79 Å². The van der Waals surface area contributed by atoms with Crippen molar-refractivity contribution in [3.63, 3.8) is 0 Å². The van der Waals surface area contributed by atoms with Crippen molar-refractivity contribution in [1.82, 2.24) is 15.5 Å². The third kappa shape index (κ3) is 9.65. The van der Waals surface area contributed by atoms with Gasteiger partial charge >= 0.3 is 0 Å². The Morgan fingerprint density at radius 1 is 1.26 bits per heavy atom. The van der Waals surface area contributed by atoms with E-state index in [1.165, 1.54) is 17.0 Å². The first kappa shape index (κ1) is 22.0. The maximum Gasteiger partial charge on any atom is 0.243 e. The van der Waals surface area contributed by atoms with E-state index < -0.39 is 0 Å². The van der Waals surface area contributed by atoms with Gasteiger partial charge in [0.15, 0.2) is 5.96 Å². The van der Waals surface area contributed by atoms with Crippen LogP contribution in [-0.4, -0.2) is 56.2 Å². The maximum absolute atomic E-state index is 12.8. The zero-order valence-corrected chi connectivity index (χ0v) is 16.8. The van der Waals surface area contributed by atoms with E-state index in [9.17, 15) is 9.18 Å². The molecule has 0 heterocycles. The van der Waals surface area contributed by atoms with E-state index in [4.69, 9.17) is 0 Å². The van der Waals surface area contributed by atoms with Gasteiger partial charge in [0.1, 0.15) is 12.4 Å². The van der Waals surface area contributed by atoms with E-state index in [2.05, 4.69) is 15.6 Å². The number of nitrogens with zero attached hydrogens (tertiary/aromatic N) is 2. The average molecular weight is 454 g/mol. The number of benzene rings is 1. The van der Waals surface area contributed by atoms with E-state index in [0.717, 1.165) is 17.2 Å². The minimum absolute atomic E-state index is 0. The Labute approximate surface area is 158 Å². The lowest BCUT2D eigenvalue weighted by atomic mass is 10.4. The molecule has 8 heteroatoms. The van der Waals surface area contributed by atoms with Crippen LogP contribution in [0.3, 0.4) is 0 Å². The highest BCUT2D eigenvalue weighted by Gasteiger charge is 2.03. The zero-order chi connectivity index (χ0) is 16.4. The van der Waals surface area contributed by atoms with E-state index in [0.29, 0.717) is 12.5 Å². The Hall–Kier alpha value is -1.03. The number of carbonyl (C=O) groups excluding carboxylic acids is 1. The minimum Gasteiger partial charge on any atom is -0.357 e. The van der Waals surface area contributed by atoms with Gasteiger partial charge in [-0.15, -0.1) is 35.7 Å². The Morgan fingerprint density at radius 3 is 2.48 bits per heavy atom. The van der Waals surface area contributed by atoms with Crippen LogP contribution >= 0.6 is 35.7 Å². The Kier molecular flexibility index (Phi) is 11.8. The van der Waals surface area contributed by atoms with Gasteiger partial charge in [0.05, 0.1) is 0 Å². The molecule has 0 aliphatic heterocycles. The van der Waals surface area contributed by atoms with Crippen LogP contribution in [0.1, 0.15) is 6.92 Å². The highest BCUT2D eigenvalue weighted by molar-refractivity contribution is 14.0. The summed E-state index contributed by atoms with van der Waals surface area (Å²) in [5.74, 6) is 1.17. The number of amides is 1. The van der Waals surface area contributed by atoms with Gasteiger partial charge in [-0.2, -0.15) is 0 Å². The summed E-state index contributed by atoms with van der Waals surface area (Å²) < 4.78 is 12.8. The highest BCUT2D eigenvalue weighted by Crippen LogP contribution is 2.17. The molecule has 0 aliphatic rings. The lowest BCUT2D eigenvalue weighted by Gasteiger charge is -2.12. The number of rotatable bonds is 7. The van der Waals surface area contributed by atoms with Crippen LogP contribution in [0.5, 0.6) is 0 Å². The number of hydrogen-bond donors (Lipinski definition) is 2. The summed E-state index contributed by atoms with van der Waals surface area (Å²) in [5, 5.41) is 6.26. The van der Waals surface area contributed by atoms with E-state index in [-0.39, 0.29) is 42.2 Å². The fraction of sp³-hybridized carbons (Fsp3) is 0.467. The van der Waals surface area contributed by atoms with Crippen molar-refractivity contribution in [3.05, 3.63) is 30.1 Å². The molecule has 0 radical (unpaired) electrons. The molecule has 2 N–H and O–H groups in total. The number of nitrogens with one attached hydrogen (secondary N) is 2. The summed E-state index contributed by atoms with van der Waals surface area (Å²) in [4.78, 5) is 18.3. The van der Waals surface area contributed by atoms with Crippen LogP contribution in [0.25, 0.3) is 0 Å². The number of guanidine groups is 1. The molecule has 0 unspecified atom stereocenters. The van der Waals surface area contributed by atoms with Crippen molar-refractivity contribution >= 4 is 47.6 Å². The molecule has 0 bridgehead atoms. The normalized spacial score (nSPS) is 10.7. The molecule has 23 heavy (non-hydrogen) atoms. The van der Waals surface area contributed by atoms with E-state index >= 15 is 0 Å². The maximum atomic E-state index is 12.8. The summed E-state index contributed by atoms with van der Waals surface area (Å²) in [5.41, 5.74) is 0. The molecule has 0 saturated heterocycles. The fourth-order valence-corrected chi connectivity index (χ4v) is 2.27. The Balaban J connectivity index is 0.00000484. The Morgan fingerprint density at radius 2 is 1.91 bits per heavy atom. The van der Waals surface area contributed by atoms with Gasteiger partial charge in [0.2, 0.25) is 5.91 Å². The monoisotopic (exact) mass is 454 g/mol. The lowest BCUT2D eigenvalue weighted by molar-refractivity contribution is -0.127. The van der Waals surface area contributed by atoms with Gasteiger partial charge in [-0.05, 0) is 31.2 Å². The molecule has 130 valence electrons. The third-order valence-corrected chi connectivity index (χ3v) is 3.71. The van der Waals surface area contributed by atoms with Crippen LogP contribution in [0, 0.1) is 5.82 Å². The molecule has 0 atom stereocenters. The zero-order valence-electron chi connectivity index (χ0n) is 13.6. The molecular weight excluding hydrogens is 430 g/mol. The molecule has 0 spiro atoms. The van der Waals surface area contributed by atoms with E-state index in [1.807, 2.05) is 6.92 Å². The number of likely N-dealkylation sites (N-methyl/N-ethyl adjacent to an activating group) is 1. The predicted molar refractivity (Wildman–Crippen MR) is 105 cm³/mol. The average Bonchev–Trinajstić information content (AvgIpc) is 2.50. The molecule has 1 aromatic carbocycles. The number of aliphatic imine (C=N–C) groups is 1. The Bertz CT molecular complexity index is 497. The summed E-state index contributed by atoms with van der Waals surface area (Å²) in [6.45, 7) is 3.52. The SMILES string of the molecule is CCNC(=NCC(=O)N(C)C)NCCSc1ccc(F)cc1.I. The van der Waals surface area contributed by atoms with Crippen molar-refractivity contribution in [1.29, 1.82) is 0 Å². The van der Waals surface area contributed by atoms with Gasteiger partial charge in [-0.1, -0.05) is 0 Å². The molecular formula is C15H24FIN4OS. The summed E-state index contributed by atoms with van der Waals surface area (Å²) in [6, 6.07) is 6.42. The number of carbonyl (C=O) groups is 1. The number of thioether (sulfide) groups is 1. The van der Waals surface area contributed by atoms with Gasteiger partial charge < -0.3 is 15.5 Å². The third-order valence-electron chi connectivity index (χ3n) is 2.69. The largest absolute Gasteiger partial charge is 0.357 e. The second-order valence-corrected chi connectivity index (χ2v) is 5.88. The van der Waals surface area contributed by atoms with Gasteiger partial charge in [0.25, 0.3) is 0 Å². The van der Waals surface area contributed by atoms with E-state index in [1.54, 1.807) is 38.0 Å². The van der Waals surface area contributed by atoms with Crippen molar-refractivity contribution in [3.8, 4) is 0 Å². The number of hydrogen-bond acceptors (Lipinski definition) is 3. The second-order valence-electron chi connectivity index (χ2n) is 4.71. The first-order valence-corrected chi connectivity index (χ1v) is 8.12. The van der Waals surface area contributed by atoms with Crippen molar-refractivity contribution in [2.75, 3.05) is 39.5 Å². The topological polar surface area (TPSA) is 56.7 Å². The van der Waals surface area contributed by atoms with Crippen LogP contribution < -0.4 is 10.6 Å². The molecule has 1 aromatic rings. The summed E-state index contributed by atoms with van der Waals surface area (Å²) in [7, 11) is 3.41. The van der Waals surface area contributed by atoms with Crippen LogP contribution in [0.2, 0.25) is 0 Å². The van der Waals surface area contributed by atoms with Crippen molar-refractivity contribution < 1.29 is 9.18 Å². The molecule has 0 aliphatic carbocycles. The molecule has 1 rings (SSSR count). The van der Waals surface area contributed by atoms with Crippen LogP contribution in [0.4, 0.5) is 4.39 Å². The van der Waals surface area contributed by atoms with Gasteiger partial charge in [-0.25, -0.2) is 9.38 Å². The number of halogens is 2. The molecule has 5 nitrogen and oxygen atoms in total. The predicted octanol–water partition coefficient (Wildman–Crippen LogP) is 2.18.